The summed E-state index contributed by atoms with van der Waals surface area (Å²) >= 11 is 0. The number of nitrogens with two attached hydrogens (primary N) is 1. The van der Waals surface area contributed by atoms with Crippen molar-refractivity contribution in [2.45, 2.75) is 19.4 Å². The summed E-state index contributed by atoms with van der Waals surface area (Å²) in [5, 5.41) is 0. The molecule has 3 N–H and O–H groups in total. The van der Waals surface area contributed by atoms with Crippen LogP contribution in [0.5, 0.6) is 5.75 Å². The predicted octanol–water partition coefficient (Wildman–Crippen LogP) is 1.16. The van der Waals surface area contributed by atoms with Crippen LogP contribution in [0.15, 0.2) is 18.2 Å². The maximum Gasteiger partial charge on any atom is 0.127 e. The zero-order valence-corrected chi connectivity index (χ0v) is 9.53. The first-order valence-corrected chi connectivity index (χ1v) is 5.65. The molecule has 1 aliphatic heterocycles. The van der Waals surface area contributed by atoms with Crippen LogP contribution in [0.3, 0.4) is 0 Å². The molecule has 0 saturated heterocycles. The van der Waals surface area contributed by atoms with Crippen molar-refractivity contribution in [3.8, 4) is 5.75 Å². The van der Waals surface area contributed by atoms with Crippen LogP contribution in [-0.4, -0.2) is 19.8 Å². The Bertz CT molecular complexity index is 355. The fourth-order valence-electron chi connectivity index (χ4n) is 1.98. The summed E-state index contributed by atoms with van der Waals surface area (Å²) in [5.41, 5.74) is 5.13. The number of nitrogens with one attached hydrogen (secondary N) is 1. The van der Waals surface area contributed by atoms with Gasteiger partial charge in [-0.15, -0.1) is 0 Å². The second-order valence-electron chi connectivity index (χ2n) is 3.81. The van der Waals surface area contributed by atoms with Crippen molar-refractivity contribution in [3.63, 3.8) is 0 Å². The summed E-state index contributed by atoms with van der Waals surface area (Å²) in [5.74, 6) is 6.53. The first kappa shape index (κ1) is 11.4. The number of benzene rings is 1. The molecule has 0 spiro atoms. The Morgan fingerprint density at radius 1 is 1.56 bits per heavy atom. The van der Waals surface area contributed by atoms with Crippen molar-refractivity contribution in [2.75, 3.05) is 19.8 Å². The van der Waals surface area contributed by atoms with E-state index in [1.54, 1.807) is 0 Å². The lowest BCUT2D eigenvalue weighted by molar-refractivity contribution is 0.122. The van der Waals surface area contributed by atoms with Crippen LogP contribution in [0.25, 0.3) is 0 Å². The Labute approximate surface area is 95.7 Å². The minimum atomic E-state index is -0.00648. The van der Waals surface area contributed by atoms with Gasteiger partial charge >= 0.3 is 0 Å². The lowest BCUT2D eigenvalue weighted by atomic mass is 10.0. The average molecular weight is 222 g/mol. The predicted molar refractivity (Wildman–Crippen MR) is 62.2 cm³/mol. The topological polar surface area (TPSA) is 56.5 Å². The zero-order valence-electron chi connectivity index (χ0n) is 9.53. The fourth-order valence-corrected chi connectivity index (χ4v) is 1.98. The minimum absolute atomic E-state index is 0.00648. The van der Waals surface area contributed by atoms with E-state index in [9.17, 15) is 0 Å². The summed E-state index contributed by atoms with van der Waals surface area (Å²) in [6.45, 7) is 3.98. The largest absolute Gasteiger partial charge is 0.493 e. The van der Waals surface area contributed by atoms with Crippen molar-refractivity contribution in [2.24, 2.45) is 5.84 Å². The molecular formula is C12H18N2O2. The van der Waals surface area contributed by atoms with Gasteiger partial charge in [0.05, 0.1) is 19.3 Å². The van der Waals surface area contributed by atoms with Crippen LogP contribution in [0.2, 0.25) is 0 Å². The van der Waals surface area contributed by atoms with Gasteiger partial charge in [0, 0.05) is 18.6 Å². The molecule has 0 amide bonds. The molecule has 1 aromatic rings. The van der Waals surface area contributed by atoms with Gasteiger partial charge in [0.25, 0.3) is 0 Å². The van der Waals surface area contributed by atoms with Gasteiger partial charge in [0.15, 0.2) is 0 Å². The Morgan fingerprint density at radius 3 is 3.19 bits per heavy atom. The molecule has 1 aromatic carbocycles. The van der Waals surface area contributed by atoms with Gasteiger partial charge in [-0.25, -0.2) is 0 Å². The summed E-state index contributed by atoms with van der Waals surface area (Å²) in [6.07, 6.45) is 0.981. The van der Waals surface area contributed by atoms with Gasteiger partial charge in [-0.2, -0.15) is 0 Å². The average Bonchev–Trinajstić information content (AvgIpc) is 2.78. The first-order valence-electron chi connectivity index (χ1n) is 5.65. The van der Waals surface area contributed by atoms with E-state index in [2.05, 4.69) is 11.5 Å². The van der Waals surface area contributed by atoms with Gasteiger partial charge < -0.3 is 9.47 Å². The lowest BCUT2D eigenvalue weighted by Gasteiger charge is -2.18. The molecule has 88 valence electrons. The molecule has 16 heavy (non-hydrogen) atoms. The summed E-state index contributed by atoms with van der Waals surface area (Å²) in [4.78, 5) is 0. The second-order valence-corrected chi connectivity index (χ2v) is 3.81. The number of ether oxygens (including phenoxy) is 2. The normalized spacial score (nSPS) is 15.6. The SMILES string of the molecule is CCOCC(NN)c1cccc2c1OCC2. The number of hydrazine groups is 1. The molecule has 0 aliphatic carbocycles. The molecule has 2 rings (SSSR count). The van der Waals surface area contributed by atoms with E-state index in [0.717, 1.165) is 24.3 Å². The van der Waals surface area contributed by atoms with Crippen LogP contribution in [0.1, 0.15) is 24.1 Å². The quantitative estimate of drug-likeness (QED) is 0.580. The molecule has 0 radical (unpaired) electrons. The monoisotopic (exact) mass is 222 g/mol. The highest BCUT2D eigenvalue weighted by Crippen LogP contribution is 2.33. The first-order chi connectivity index (χ1) is 7.86. The van der Waals surface area contributed by atoms with Crippen molar-refractivity contribution >= 4 is 0 Å². The maximum absolute atomic E-state index is 5.64. The van der Waals surface area contributed by atoms with Gasteiger partial charge in [-0.1, -0.05) is 18.2 Å². The van der Waals surface area contributed by atoms with Crippen molar-refractivity contribution in [1.82, 2.24) is 5.43 Å². The molecule has 1 unspecified atom stereocenters. The molecule has 1 atom stereocenters. The Morgan fingerprint density at radius 2 is 2.44 bits per heavy atom. The van der Waals surface area contributed by atoms with Gasteiger partial charge in [-0.05, 0) is 12.5 Å². The molecule has 0 bridgehead atoms. The van der Waals surface area contributed by atoms with Crippen LogP contribution in [0.4, 0.5) is 0 Å². The number of para-hydroxylation sites is 1. The van der Waals surface area contributed by atoms with Crippen molar-refractivity contribution < 1.29 is 9.47 Å². The Balaban J connectivity index is 2.21. The molecule has 0 fully saturated rings. The van der Waals surface area contributed by atoms with Crippen molar-refractivity contribution in [3.05, 3.63) is 29.3 Å². The fraction of sp³-hybridized carbons (Fsp3) is 0.500. The van der Waals surface area contributed by atoms with E-state index in [4.69, 9.17) is 15.3 Å². The van der Waals surface area contributed by atoms with Gasteiger partial charge in [0.1, 0.15) is 5.75 Å². The molecule has 1 aliphatic rings. The van der Waals surface area contributed by atoms with Crippen LogP contribution < -0.4 is 16.0 Å². The highest BCUT2D eigenvalue weighted by molar-refractivity contribution is 5.45. The lowest BCUT2D eigenvalue weighted by Crippen LogP contribution is -2.31. The Hall–Kier alpha value is -1.10. The van der Waals surface area contributed by atoms with E-state index in [1.165, 1.54) is 5.56 Å². The zero-order chi connectivity index (χ0) is 11.4. The number of fused-ring (bicyclic) bond motifs is 1. The third kappa shape index (κ3) is 2.19. The number of hydrogen-bond donors (Lipinski definition) is 2. The van der Waals surface area contributed by atoms with Gasteiger partial charge in [0.2, 0.25) is 0 Å². The molecule has 4 nitrogen and oxygen atoms in total. The molecule has 1 heterocycles. The number of hydrogen-bond acceptors (Lipinski definition) is 4. The highest BCUT2D eigenvalue weighted by Gasteiger charge is 2.21. The molecular weight excluding hydrogens is 204 g/mol. The smallest absolute Gasteiger partial charge is 0.127 e. The molecule has 4 heteroatoms. The van der Waals surface area contributed by atoms with E-state index in [0.29, 0.717) is 13.2 Å². The second kappa shape index (κ2) is 5.30. The molecule has 0 saturated carbocycles. The van der Waals surface area contributed by atoms with Crippen LogP contribution in [0, 0.1) is 0 Å². The summed E-state index contributed by atoms with van der Waals surface area (Å²) < 4.78 is 11.0. The highest BCUT2D eigenvalue weighted by atomic mass is 16.5. The van der Waals surface area contributed by atoms with E-state index in [-0.39, 0.29) is 6.04 Å². The maximum atomic E-state index is 5.64. The standard InChI is InChI=1S/C12H18N2O2/c1-2-15-8-11(14-13)10-5-3-4-9-6-7-16-12(9)10/h3-5,11,14H,2,6-8,13H2,1H3. The van der Waals surface area contributed by atoms with E-state index >= 15 is 0 Å². The Kier molecular flexibility index (Phi) is 3.77. The van der Waals surface area contributed by atoms with E-state index in [1.807, 2.05) is 19.1 Å². The van der Waals surface area contributed by atoms with Crippen LogP contribution >= 0.6 is 0 Å². The van der Waals surface area contributed by atoms with E-state index < -0.39 is 0 Å². The van der Waals surface area contributed by atoms with Crippen molar-refractivity contribution in [1.29, 1.82) is 0 Å². The summed E-state index contributed by atoms with van der Waals surface area (Å²) in [6, 6.07) is 6.17. The number of rotatable bonds is 5. The van der Waals surface area contributed by atoms with Gasteiger partial charge in [-0.3, -0.25) is 11.3 Å². The summed E-state index contributed by atoms with van der Waals surface area (Å²) in [7, 11) is 0. The third-order valence-corrected chi connectivity index (χ3v) is 2.81. The molecule has 0 aromatic heterocycles. The van der Waals surface area contributed by atoms with Crippen LogP contribution in [-0.2, 0) is 11.2 Å². The minimum Gasteiger partial charge on any atom is -0.493 e. The third-order valence-electron chi connectivity index (χ3n) is 2.81.